The fourth-order valence-corrected chi connectivity index (χ4v) is 6.02. The fraction of sp³-hybridized carbons (Fsp3) is 1.00. The van der Waals surface area contributed by atoms with Gasteiger partial charge in [0.25, 0.3) is 0 Å². The van der Waals surface area contributed by atoms with Gasteiger partial charge in [0.1, 0.15) is 0 Å². The van der Waals surface area contributed by atoms with Gasteiger partial charge in [-0.3, -0.25) is 0 Å². The van der Waals surface area contributed by atoms with Crippen LogP contribution in [0, 0.1) is 17.8 Å². The Balaban J connectivity index is 2.03. The molecule has 0 radical (unpaired) electrons. The smallest absolute Gasteiger partial charge is 0.153 e. The molecule has 15 heavy (non-hydrogen) atoms. The van der Waals surface area contributed by atoms with E-state index in [1.165, 1.54) is 19.1 Å². The fourth-order valence-electron chi connectivity index (χ4n) is 4.44. The van der Waals surface area contributed by atoms with Gasteiger partial charge in [-0.05, 0) is 49.9 Å². The van der Waals surface area contributed by atoms with Crippen molar-refractivity contribution in [3.05, 3.63) is 0 Å². The molecule has 2 unspecified atom stereocenters. The molecule has 4 saturated carbocycles. The molecule has 0 aromatic rings. The summed E-state index contributed by atoms with van der Waals surface area (Å²) >= 11 is 0. The highest BCUT2D eigenvalue weighted by Gasteiger charge is 2.58. The maximum Gasteiger partial charge on any atom is 0.153 e. The average molecular weight is 229 g/mol. The Morgan fingerprint density at radius 1 is 1.13 bits per heavy atom. The number of hydrogen-bond acceptors (Lipinski definition) is 3. The van der Waals surface area contributed by atoms with Crippen molar-refractivity contribution in [3.63, 3.8) is 0 Å². The van der Waals surface area contributed by atoms with E-state index in [1.807, 2.05) is 0 Å². The highest BCUT2D eigenvalue weighted by Crippen LogP contribution is 2.57. The predicted molar refractivity (Wildman–Crippen MR) is 59.1 cm³/mol. The normalized spacial score (nSPS) is 53.5. The van der Waals surface area contributed by atoms with Crippen molar-refractivity contribution in [1.29, 1.82) is 0 Å². The Morgan fingerprint density at radius 2 is 1.67 bits per heavy atom. The molecule has 4 fully saturated rings. The van der Waals surface area contributed by atoms with Gasteiger partial charge in [-0.15, -0.1) is 0 Å². The van der Waals surface area contributed by atoms with Crippen LogP contribution in [0.5, 0.6) is 0 Å². The number of hydrogen-bond donors (Lipinski definition) is 1. The maximum absolute atomic E-state index is 12.0. The summed E-state index contributed by atoms with van der Waals surface area (Å²) in [6, 6.07) is 0.274. The van der Waals surface area contributed by atoms with Crippen LogP contribution >= 0.6 is 0 Å². The zero-order chi connectivity index (χ0) is 10.8. The Kier molecular flexibility index (Phi) is 1.87. The van der Waals surface area contributed by atoms with E-state index in [9.17, 15) is 8.42 Å². The van der Waals surface area contributed by atoms with Crippen molar-refractivity contribution in [1.82, 2.24) is 0 Å². The predicted octanol–water partition coefficient (Wildman–Crippen LogP) is 0.937. The van der Waals surface area contributed by atoms with Crippen LogP contribution in [-0.2, 0) is 9.84 Å². The van der Waals surface area contributed by atoms with Crippen molar-refractivity contribution < 1.29 is 8.42 Å². The van der Waals surface area contributed by atoms with E-state index in [4.69, 9.17) is 5.73 Å². The molecule has 4 bridgehead atoms. The van der Waals surface area contributed by atoms with Crippen molar-refractivity contribution >= 4 is 9.84 Å². The molecule has 0 aromatic carbocycles. The van der Waals surface area contributed by atoms with E-state index in [0.29, 0.717) is 17.8 Å². The van der Waals surface area contributed by atoms with Crippen LogP contribution in [-0.4, -0.2) is 25.5 Å². The second-order valence-corrected chi connectivity index (χ2v) is 8.41. The minimum Gasteiger partial charge on any atom is -0.327 e. The molecule has 4 aliphatic carbocycles. The summed E-state index contributed by atoms with van der Waals surface area (Å²) in [5.74, 6) is 1.59. The second kappa shape index (κ2) is 2.77. The number of nitrogens with two attached hydrogens (primary N) is 1. The van der Waals surface area contributed by atoms with Crippen LogP contribution in [0.3, 0.4) is 0 Å². The van der Waals surface area contributed by atoms with Gasteiger partial charge >= 0.3 is 0 Å². The molecule has 86 valence electrons. The van der Waals surface area contributed by atoms with Gasteiger partial charge in [-0.25, -0.2) is 8.42 Å². The van der Waals surface area contributed by atoms with Crippen LogP contribution in [0.4, 0.5) is 0 Å². The van der Waals surface area contributed by atoms with Gasteiger partial charge in [0.15, 0.2) is 9.84 Å². The van der Waals surface area contributed by atoms with E-state index >= 15 is 0 Å². The summed E-state index contributed by atoms with van der Waals surface area (Å²) in [6.07, 6.45) is 6.35. The Labute approximate surface area is 91.3 Å². The molecule has 0 saturated heterocycles. The van der Waals surface area contributed by atoms with Gasteiger partial charge in [0, 0.05) is 12.3 Å². The maximum atomic E-state index is 12.0. The van der Waals surface area contributed by atoms with Crippen LogP contribution in [0.25, 0.3) is 0 Å². The van der Waals surface area contributed by atoms with Crippen LogP contribution in [0.2, 0.25) is 0 Å². The minimum absolute atomic E-state index is 0.274. The lowest BCUT2D eigenvalue weighted by Gasteiger charge is -2.58. The highest BCUT2D eigenvalue weighted by atomic mass is 32.2. The molecule has 2 N–H and O–H groups in total. The first-order valence-corrected chi connectivity index (χ1v) is 7.76. The molecule has 0 heterocycles. The zero-order valence-electron chi connectivity index (χ0n) is 9.15. The van der Waals surface area contributed by atoms with E-state index in [-0.39, 0.29) is 10.8 Å². The summed E-state index contributed by atoms with van der Waals surface area (Å²) < 4.78 is 23.5. The molecule has 3 nitrogen and oxygen atoms in total. The minimum atomic E-state index is -2.90. The molecular weight excluding hydrogens is 210 g/mol. The van der Waals surface area contributed by atoms with Crippen LogP contribution < -0.4 is 5.73 Å². The van der Waals surface area contributed by atoms with Crippen molar-refractivity contribution in [2.45, 2.75) is 42.9 Å². The Morgan fingerprint density at radius 3 is 2.13 bits per heavy atom. The number of rotatable bonds is 1. The van der Waals surface area contributed by atoms with Gasteiger partial charge < -0.3 is 5.73 Å². The lowest BCUT2D eigenvalue weighted by atomic mass is 9.54. The Hall–Kier alpha value is -0.0900. The van der Waals surface area contributed by atoms with Crippen molar-refractivity contribution in [3.8, 4) is 0 Å². The van der Waals surface area contributed by atoms with E-state index in [2.05, 4.69) is 0 Å². The first-order chi connectivity index (χ1) is 6.91. The van der Waals surface area contributed by atoms with Gasteiger partial charge in [-0.1, -0.05) is 0 Å². The number of sulfone groups is 1. The third-order valence-corrected chi connectivity index (χ3v) is 7.15. The van der Waals surface area contributed by atoms with E-state index in [0.717, 1.165) is 19.3 Å². The van der Waals surface area contributed by atoms with Crippen LogP contribution in [0.15, 0.2) is 0 Å². The molecule has 0 aliphatic heterocycles. The second-order valence-electron chi connectivity index (χ2n) is 6.00. The molecule has 0 spiro atoms. The molecular formula is C11H19NO2S. The summed E-state index contributed by atoms with van der Waals surface area (Å²) in [6.45, 7) is 0. The third-order valence-electron chi connectivity index (χ3n) is 5.08. The molecule has 4 rings (SSSR count). The molecule has 0 aromatic heterocycles. The molecule has 4 aliphatic rings. The first-order valence-electron chi connectivity index (χ1n) is 5.86. The summed E-state index contributed by atoms with van der Waals surface area (Å²) in [5, 5.41) is 0. The molecule has 4 heteroatoms. The average Bonchev–Trinajstić information content (AvgIpc) is 2.10. The van der Waals surface area contributed by atoms with Gasteiger partial charge in [0.05, 0.1) is 4.75 Å². The summed E-state index contributed by atoms with van der Waals surface area (Å²) in [5.41, 5.74) is 6.17. The third kappa shape index (κ3) is 1.24. The molecule has 2 atom stereocenters. The van der Waals surface area contributed by atoms with Crippen molar-refractivity contribution in [2.24, 2.45) is 23.5 Å². The summed E-state index contributed by atoms with van der Waals surface area (Å²) in [7, 11) is -2.90. The van der Waals surface area contributed by atoms with Gasteiger partial charge in [0.2, 0.25) is 0 Å². The SMILES string of the molecule is CS(=O)(=O)C12CC3CC(C1)C(N)C(C3)C2. The van der Waals surface area contributed by atoms with Crippen molar-refractivity contribution in [2.75, 3.05) is 6.26 Å². The largest absolute Gasteiger partial charge is 0.327 e. The van der Waals surface area contributed by atoms with E-state index < -0.39 is 9.84 Å². The standard InChI is InChI=1S/C11H19NO2S/c1-15(13,14)11-4-7-2-8(5-11)10(12)9(3-7)6-11/h7-10H,2-6,12H2,1H3. The van der Waals surface area contributed by atoms with E-state index in [1.54, 1.807) is 0 Å². The quantitative estimate of drug-likeness (QED) is 0.728. The summed E-state index contributed by atoms with van der Waals surface area (Å²) in [4.78, 5) is 0. The lowest BCUT2D eigenvalue weighted by Crippen LogP contribution is -2.61. The monoisotopic (exact) mass is 229 g/mol. The Bertz CT molecular complexity index is 373. The zero-order valence-corrected chi connectivity index (χ0v) is 9.96. The van der Waals surface area contributed by atoms with Gasteiger partial charge in [-0.2, -0.15) is 0 Å². The topological polar surface area (TPSA) is 60.2 Å². The first kappa shape index (κ1) is 10.1. The lowest BCUT2D eigenvalue weighted by molar-refractivity contribution is 0.0139. The molecule has 0 amide bonds. The highest BCUT2D eigenvalue weighted by molar-refractivity contribution is 7.92. The van der Waals surface area contributed by atoms with Crippen LogP contribution in [0.1, 0.15) is 32.1 Å².